The van der Waals surface area contributed by atoms with E-state index in [0.717, 1.165) is 23.5 Å². The van der Waals surface area contributed by atoms with Gasteiger partial charge in [-0.15, -0.1) is 0 Å². The third-order valence-electron chi connectivity index (χ3n) is 3.88. The molecule has 0 saturated carbocycles. The first-order valence-electron chi connectivity index (χ1n) is 8.21. The maximum absolute atomic E-state index is 11.8. The zero-order valence-corrected chi connectivity index (χ0v) is 16.2. The van der Waals surface area contributed by atoms with Crippen molar-refractivity contribution in [3.8, 4) is 11.3 Å². The molecule has 0 atom stereocenters. The number of hydrogen-bond acceptors (Lipinski definition) is 4. The van der Waals surface area contributed by atoms with Gasteiger partial charge in [-0.1, -0.05) is 43.1 Å². The fourth-order valence-corrected chi connectivity index (χ4v) is 3.02. The number of aromatic nitrogens is 3. The smallest absolute Gasteiger partial charge is 0.252 e. The molecule has 2 heterocycles. The third kappa shape index (κ3) is 3.61. The molecule has 0 saturated heterocycles. The van der Waals surface area contributed by atoms with Crippen LogP contribution in [0.2, 0.25) is 10.2 Å². The highest BCUT2D eigenvalue weighted by Crippen LogP contribution is 2.29. The van der Waals surface area contributed by atoms with E-state index in [-0.39, 0.29) is 5.91 Å². The summed E-state index contributed by atoms with van der Waals surface area (Å²) in [7, 11) is 1.56. The van der Waals surface area contributed by atoms with Crippen LogP contribution in [-0.4, -0.2) is 34.1 Å². The second-order valence-electron chi connectivity index (χ2n) is 6.31. The minimum atomic E-state index is -0.235. The minimum Gasteiger partial charge on any atom is -0.382 e. The van der Waals surface area contributed by atoms with Gasteiger partial charge in [0.2, 0.25) is 0 Å². The Morgan fingerprint density at radius 2 is 2.04 bits per heavy atom. The Balaban J connectivity index is 2.06. The van der Waals surface area contributed by atoms with E-state index in [1.54, 1.807) is 36.0 Å². The Kier molecular flexibility index (Phi) is 5.34. The first-order chi connectivity index (χ1) is 12.4. The molecule has 1 aromatic carbocycles. The van der Waals surface area contributed by atoms with Crippen LogP contribution in [0.4, 0.5) is 5.69 Å². The van der Waals surface area contributed by atoms with Crippen LogP contribution in [0.15, 0.2) is 30.5 Å². The van der Waals surface area contributed by atoms with Gasteiger partial charge in [0.05, 0.1) is 28.2 Å². The highest BCUT2D eigenvalue weighted by atomic mass is 35.5. The second-order valence-corrected chi connectivity index (χ2v) is 7.10. The molecule has 6 nitrogen and oxygen atoms in total. The van der Waals surface area contributed by atoms with Crippen LogP contribution in [0.1, 0.15) is 24.2 Å². The second kappa shape index (κ2) is 7.51. The van der Waals surface area contributed by atoms with Gasteiger partial charge < -0.3 is 10.6 Å². The molecule has 3 rings (SSSR count). The van der Waals surface area contributed by atoms with Crippen LogP contribution < -0.4 is 10.6 Å². The quantitative estimate of drug-likeness (QED) is 0.685. The van der Waals surface area contributed by atoms with E-state index >= 15 is 0 Å². The monoisotopic (exact) mass is 391 g/mol. The Hall–Kier alpha value is -2.31. The van der Waals surface area contributed by atoms with Crippen molar-refractivity contribution >= 4 is 40.4 Å². The Bertz CT molecular complexity index is 968. The SMILES string of the molecule is CNC(=O)c1ccc(-c2cnc3c(NCC(C)C)cc(Cl)nn23)cc1Cl. The number of imidazole rings is 1. The van der Waals surface area contributed by atoms with Crippen molar-refractivity contribution in [1.82, 2.24) is 19.9 Å². The Morgan fingerprint density at radius 3 is 2.69 bits per heavy atom. The number of rotatable bonds is 5. The lowest BCUT2D eigenvalue weighted by Gasteiger charge is -2.11. The molecule has 0 aliphatic rings. The van der Waals surface area contributed by atoms with Gasteiger partial charge in [-0.05, 0) is 18.1 Å². The molecule has 0 spiro atoms. The molecule has 8 heteroatoms. The number of carbonyl (C=O) groups excluding carboxylic acids is 1. The first kappa shape index (κ1) is 18.5. The number of nitrogens with zero attached hydrogens (tertiary/aromatic N) is 3. The number of halogens is 2. The number of hydrogen-bond donors (Lipinski definition) is 2. The summed E-state index contributed by atoms with van der Waals surface area (Å²) in [6.07, 6.45) is 1.71. The summed E-state index contributed by atoms with van der Waals surface area (Å²) in [4.78, 5) is 16.3. The molecule has 26 heavy (non-hydrogen) atoms. The van der Waals surface area contributed by atoms with Crippen LogP contribution >= 0.6 is 23.2 Å². The lowest BCUT2D eigenvalue weighted by atomic mass is 10.1. The summed E-state index contributed by atoms with van der Waals surface area (Å²) in [6.45, 7) is 5.05. The number of amides is 1. The number of carbonyl (C=O) groups is 1. The summed E-state index contributed by atoms with van der Waals surface area (Å²) in [5.74, 6) is 0.244. The lowest BCUT2D eigenvalue weighted by molar-refractivity contribution is 0.0963. The number of nitrogens with one attached hydrogen (secondary N) is 2. The van der Waals surface area contributed by atoms with Crippen LogP contribution in [0.25, 0.3) is 16.9 Å². The normalized spacial score (nSPS) is 11.2. The summed E-state index contributed by atoms with van der Waals surface area (Å²) in [5, 5.41) is 11.0. The zero-order chi connectivity index (χ0) is 18.8. The van der Waals surface area contributed by atoms with E-state index in [4.69, 9.17) is 23.2 Å². The van der Waals surface area contributed by atoms with Gasteiger partial charge in [0.25, 0.3) is 5.91 Å². The zero-order valence-electron chi connectivity index (χ0n) is 14.7. The molecule has 0 aliphatic carbocycles. The average Bonchev–Trinajstić information content (AvgIpc) is 3.02. The highest BCUT2D eigenvalue weighted by molar-refractivity contribution is 6.34. The first-order valence-corrected chi connectivity index (χ1v) is 8.96. The van der Waals surface area contributed by atoms with Gasteiger partial charge in [0.1, 0.15) is 0 Å². The van der Waals surface area contributed by atoms with E-state index in [1.807, 2.05) is 6.07 Å². The number of anilines is 1. The molecule has 2 N–H and O–H groups in total. The molecule has 0 fully saturated rings. The van der Waals surface area contributed by atoms with Crippen LogP contribution in [-0.2, 0) is 0 Å². The molecule has 136 valence electrons. The fraction of sp³-hybridized carbons (Fsp3) is 0.278. The van der Waals surface area contributed by atoms with Crippen LogP contribution in [0.5, 0.6) is 0 Å². The predicted molar refractivity (Wildman–Crippen MR) is 105 cm³/mol. The van der Waals surface area contributed by atoms with Gasteiger partial charge in [0.15, 0.2) is 10.8 Å². The topological polar surface area (TPSA) is 71.3 Å². The van der Waals surface area contributed by atoms with Crippen molar-refractivity contribution < 1.29 is 4.79 Å². The standard InChI is InChI=1S/C18H19Cl2N5O/c1-10(2)8-22-14-7-16(20)24-25-15(9-23-17(14)25)11-4-5-12(13(19)6-11)18(26)21-3/h4-7,9-10,22H,8H2,1-3H3,(H,21,26). The molecular formula is C18H19Cl2N5O. The van der Waals surface area contributed by atoms with Gasteiger partial charge in [-0.25, -0.2) is 9.50 Å². The summed E-state index contributed by atoms with van der Waals surface area (Å²) in [6, 6.07) is 6.97. The van der Waals surface area contributed by atoms with E-state index in [1.165, 1.54) is 0 Å². The van der Waals surface area contributed by atoms with Crippen molar-refractivity contribution in [2.75, 3.05) is 18.9 Å². The van der Waals surface area contributed by atoms with Crippen molar-refractivity contribution in [1.29, 1.82) is 0 Å². The molecular weight excluding hydrogens is 373 g/mol. The summed E-state index contributed by atoms with van der Waals surface area (Å²) >= 11 is 12.5. The molecule has 1 amide bonds. The number of fused-ring (bicyclic) bond motifs is 1. The number of benzene rings is 1. The molecule has 2 aromatic heterocycles. The Labute approximate surface area is 161 Å². The average molecular weight is 392 g/mol. The minimum absolute atomic E-state index is 0.235. The molecule has 0 bridgehead atoms. The lowest BCUT2D eigenvalue weighted by Crippen LogP contribution is -2.18. The van der Waals surface area contributed by atoms with Crippen molar-refractivity contribution in [2.24, 2.45) is 5.92 Å². The maximum atomic E-state index is 11.8. The maximum Gasteiger partial charge on any atom is 0.252 e. The van der Waals surface area contributed by atoms with Crippen molar-refractivity contribution in [3.05, 3.63) is 46.2 Å². The summed E-state index contributed by atoms with van der Waals surface area (Å²) in [5.41, 5.74) is 3.44. The van der Waals surface area contributed by atoms with Crippen molar-refractivity contribution in [3.63, 3.8) is 0 Å². The predicted octanol–water partition coefficient (Wildman–Crippen LogP) is 4.13. The third-order valence-corrected chi connectivity index (χ3v) is 4.37. The van der Waals surface area contributed by atoms with Gasteiger partial charge >= 0.3 is 0 Å². The van der Waals surface area contributed by atoms with Crippen molar-refractivity contribution in [2.45, 2.75) is 13.8 Å². The largest absolute Gasteiger partial charge is 0.382 e. The summed E-state index contributed by atoms with van der Waals surface area (Å²) < 4.78 is 1.68. The molecule has 3 aromatic rings. The fourth-order valence-electron chi connectivity index (χ4n) is 2.57. The Morgan fingerprint density at radius 1 is 1.27 bits per heavy atom. The van der Waals surface area contributed by atoms with E-state index in [9.17, 15) is 4.79 Å². The van der Waals surface area contributed by atoms with Gasteiger partial charge in [0, 0.05) is 25.2 Å². The van der Waals surface area contributed by atoms with E-state index in [0.29, 0.717) is 27.3 Å². The molecule has 0 radical (unpaired) electrons. The van der Waals surface area contributed by atoms with Crippen LogP contribution in [0.3, 0.4) is 0 Å². The highest BCUT2D eigenvalue weighted by Gasteiger charge is 2.15. The van der Waals surface area contributed by atoms with E-state index in [2.05, 4.69) is 34.6 Å². The molecule has 0 aliphatic heterocycles. The van der Waals surface area contributed by atoms with Gasteiger partial charge in [-0.3, -0.25) is 4.79 Å². The van der Waals surface area contributed by atoms with Gasteiger partial charge in [-0.2, -0.15) is 5.10 Å². The molecule has 0 unspecified atom stereocenters. The van der Waals surface area contributed by atoms with Crippen LogP contribution in [0, 0.1) is 5.92 Å². The van der Waals surface area contributed by atoms with E-state index < -0.39 is 0 Å².